The molecule has 2 N–H and O–H groups in total. The monoisotopic (exact) mass is 326 g/mol. The van der Waals surface area contributed by atoms with Gasteiger partial charge in [-0.3, -0.25) is 4.79 Å². The van der Waals surface area contributed by atoms with Crippen LogP contribution in [-0.2, 0) is 0 Å². The summed E-state index contributed by atoms with van der Waals surface area (Å²) in [7, 11) is 1.60. The smallest absolute Gasteiger partial charge is 0.254 e. The Kier molecular flexibility index (Phi) is 4.16. The number of carbonyl (C=O) groups excluding carboxylic acids is 1. The molecule has 1 aliphatic rings. The molecular weight excluding hydrogens is 308 g/mol. The van der Waals surface area contributed by atoms with Gasteiger partial charge >= 0.3 is 0 Å². The molecule has 1 aromatic carbocycles. The fourth-order valence-corrected chi connectivity index (χ4v) is 3.08. The summed E-state index contributed by atoms with van der Waals surface area (Å²) in [6.07, 6.45) is 1.98. The Morgan fingerprint density at radius 1 is 1.58 bits per heavy atom. The Morgan fingerprint density at radius 2 is 2.32 bits per heavy atom. The van der Waals surface area contributed by atoms with Gasteiger partial charge < -0.3 is 15.4 Å². The molecule has 19 heavy (non-hydrogen) atoms. The van der Waals surface area contributed by atoms with Crippen LogP contribution in [0.5, 0.6) is 5.75 Å². The molecule has 0 spiro atoms. The van der Waals surface area contributed by atoms with Crippen LogP contribution in [0.2, 0.25) is 0 Å². The second kappa shape index (κ2) is 5.51. The average Bonchev–Trinajstić information content (AvgIpc) is 2.80. The number of likely N-dealkylation sites (tertiary alicyclic amines) is 1. The van der Waals surface area contributed by atoms with Gasteiger partial charge in [0.15, 0.2) is 0 Å². The molecule has 1 unspecified atom stereocenters. The van der Waals surface area contributed by atoms with E-state index in [1.165, 1.54) is 0 Å². The summed E-state index contributed by atoms with van der Waals surface area (Å²) in [6, 6.07) is 5.39. The van der Waals surface area contributed by atoms with Crippen molar-refractivity contribution < 1.29 is 9.53 Å². The van der Waals surface area contributed by atoms with E-state index in [0.29, 0.717) is 12.1 Å². The molecule has 1 aromatic rings. The second-order valence-corrected chi connectivity index (χ2v) is 5.97. The van der Waals surface area contributed by atoms with Crippen molar-refractivity contribution in [3.63, 3.8) is 0 Å². The Morgan fingerprint density at radius 3 is 2.89 bits per heavy atom. The van der Waals surface area contributed by atoms with Gasteiger partial charge in [0.25, 0.3) is 5.91 Å². The number of halogens is 1. The SMILES string of the molecule is COc1ccc(C(=O)N2CCCC2(C)CN)cc1Br. The van der Waals surface area contributed by atoms with Crippen molar-refractivity contribution in [2.45, 2.75) is 25.3 Å². The molecule has 2 rings (SSSR count). The van der Waals surface area contributed by atoms with E-state index in [4.69, 9.17) is 10.5 Å². The third kappa shape index (κ3) is 2.62. The minimum Gasteiger partial charge on any atom is -0.496 e. The zero-order valence-electron chi connectivity index (χ0n) is 11.3. The van der Waals surface area contributed by atoms with E-state index < -0.39 is 0 Å². The Bertz CT molecular complexity index is 492. The third-order valence-electron chi connectivity index (χ3n) is 3.83. The lowest BCUT2D eigenvalue weighted by Crippen LogP contribution is -2.50. The van der Waals surface area contributed by atoms with Crippen molar-refractivity contribution in [1.82, 2.24) is 4.90 Å². The number of nitrogens with zero attached hydrogens (tertiary/aromatic N) is 1. The van der Waals surface area contributed by atoms with Crippen LogP contribution in [-0.4, -0.2) is 36.5 Å². The summed E-state index contributed by atoms with van der Waals surface area (Å²) in [5.41, 5.74) is 6.27. The molecule has 0 radical (unpaired) electrons. The van der Waals surface area contributed by atoms with Crippen LogP contribution in [0.15, 0.2) is 22.7 Å². The van der Waals surface area contributed by atoms with Crippen LogP contribution in [0.1, 0.15) is 30.1 Å². The van der Waals surface area contributed by atoms with Gasteiger partial charge in [-0.25, -0.2) is 0 Å². The Balaban J connectivity index is 2.27. The molecule has 1 saturated heterocycles. The van der Waals surface area contributed by atoms with E-state index in [1.807, 2.05) is 4.90 Å². The van der Waals surface area contributed by atoms with Crippen molar-refractivity contribution in [2.24, 2.45) is 5.73 Å². The van der Waals surface area contributed by atoms with Crippen molar-refractivity contribution >= 4 is 21.8 Å². The first-order valence-electron chi connectivity index (χ1n) is 6.37. The summed E-state index contributed by atoms with van der Waals surface area (Å²) in [4.78, 5) is 14.5. The van der Waals surface area contributed by atoms with Gasteiger partial charge in [-0.1, -0.05) is 0 Å². The fraction of sp³-hybridized carbons (Fsp3) is 0.500. The minimum atomic E-state index is -0.219. The third-order valence-corrected chi connectivity index (χ3v) is 4.45. The molecule has 4 nitrogen and oxygen atoms in total. The number of rotatable bonds is 3. The number of carbonyl (C=O) groups is 1. The van der Waals surface area contributed by atoms with Gasteiger partial charge in [0, 0.05) is 18.7 Å². The highest BCUT2D eigenvalue weighted by Gasteiger charge is 2.38. The second-order valence-electron chi connectivity index (χ2n) is 5.11. The molecule has 104 valence electrons. The topological polar surface area (TPSA) is 55.6 Å². The molecule has 1 aliphatic heterocycles. The maximum absolute atomic E-state index is 12.6. The van der Waals surface area contributed by atoms with Crippen LogP contribution >= 0.6 is 15.9 Å². The van der Waals surface area contributed by atoms with E-state index in [9.17, 15) is 4.79 Å². The van der Waals surface area contributed by atoms with Crippen LogP contribution in [0.3, 0.4) is 0 Å². The first-order chi connectivity index (χ1) is 9.01. The van der Waals surface area contributed by atoms with Crippen molar-refractivity contribution in [3.05, 3.63) is 28.2 Å². The highest BCUT2D eigenvalue weighted by atomic mass is 79.9. The zero-order valence-corrected chi connectivity index (χ0v) is 12.9. The van der Waals surface area contributed by atoms with Gasteiger partial charge in [0.05, 0.1) is 17.1 Å². The summed E-state index contributed by atoms with van der Waals surface area (Å²) >= 11 is 3.41. The molecular formula is C14H19BrN2O2. The first-order valence-corrected chi connectivity index (χ1v) is 7.17. The quantitative estimate of drug-likeness (QED) is 0.928. The number of hydrogen-bond acceptors (Lipinski definition) is 3. The van der Waals surface area contributed by atoms with E-state index in [2.05, 4.69) is 22.9 Å². The predicted molar refractivity (Wildman–Crippen MR) is 78.4 cm³/mol. The number of nitrogens with two attached hydrogens (primary N) is 1. The number of ether oxygens (including phenoxy) is 1. The Labute approximate surface area is 122 Å². The number of benzene rings is 1. The largest absolute Gasteiger partial charge is 0.496 e. The highest BCUT2D eigenvalue weighted by molar-refractivity contribution is 9.10. The number of amides is 1. The van der Waals surface area contributed by atoms with Crippen molar-refractivity contribution in [1.29, 1.82) is 0 Å². The van der Waals surface area contributed by atoms with Gasteiger partial charge in [-0.15, -0.1) is 0 Å². The number of hydrogen-bond donors (Lipinski definition) is 1. The van der Waals surface area contributed by atoms with Gasteiger partial charge in [0.1, 0.15) is 5.75 Å². The normalized spacial score (nSPS) is 22.6. The van der Waals surface area contributed by atoms with E-state index in [0.717, 1.165) is 29.6 Å². The minimum absolute atomic E-state index is 0.0359. The lowest BCUT2D eigenvalue weighted by atomic mass is 9.98. The van der Waals surface area contributed by atoms with Crippen molar-refractivity contribution in [2.75, 3.05) is 20.2 Å². The predicted octanol–water partition coefficient (Wildman–Crippen LogP) is 2.41. The standard InChI is InChI=1S/C14H19BrN2O2/c1-14(9-16)6-3-7-17(14)13(18)10-4-5-12(19-2)11(15)8-10/h4-5,8H,3,6-7,9,16H2,1-2H3. The molecule has 1 heterocycles. The van der Waals surface area contributed by atoms with Gasteiger partial charge in [-0.05, 0) is 53.9 Å². The van der Waals surface area contributed by atoms with E-state index in [1.54, 1.807) is 25.3 Å². The molecule has 5 heteroatoms. The van der Waals surface area contributed by atoms with Crippen LogP contribution in [0, 0.1) is 0 Å². The molecule has 1 atom stereocenters. The average molecular weight is 327 g/mol. The maximum Gasteiger partial charge on any atom is 0.254 e. The van der Waals surface area contributed by atoms with Crippen LogP contribution < -0.4 is 10.5 Å². The summed E-state index contributed by atoms with van der Waals surface area (Å²) in [5, 5.41) is 0. The first kappa shape index (κ1) is 14.3. The summed E-state index contributed by atoms with van der Waals surface area (Å²) in [5.74, 6) is 0.758. The molecule has 0 aromatic heterocycles. The van der Waals surface area contributed by atoms with Crippen LogP contribution in [0.25, 0.3) is 0 Å². The van der Waals surface area contributed by atoms with Crippen LogP contribution in [0.4, 0.5) is 0 Å². The highest BCUT2D eigenvalue weighted by Crippen LogP contribution is 2.31. The molecule has 1 fully saturated rings. The van der Waals surface area contributed by atoms with Gasteiger partial charge in [0.2, 0.25) is 0 Å². The summed E-state index contributed by atoms with van der Waals surface area (Å²) < 4.78 is 5.96. The fourth-order valence-electron chi connectivity index (χ4n) is 2.54. The van der Waals surface area contributed by atoms with Gasteiger partial charge in [-0.2, -0.15) is 0 Å². The molecule has 0 bridgehead atoms. The molecule has 0 aliphatic carbocycles. The summed E-state index contributed by atoms with van der Waals surface area (Å²) in [6.45, 7) is 3.32. The lowest BCUT2D eigenvalue weighted by Gasteiger charge is -2.34. The maximum atomic E-state index is 12.6. The molecule has 0 saturated carbocycles. The molecule has 1 amide bonds. The lowest BCUT2D eigenvalue weighted by molar-refractivity contribution is 0.0637. The van der Waals surface area contributed by atoms with E-state index >= 15 is 0 Å². The Hall–Kier alpha value is -1.07. The zero-order chi connectivity index (χ0) is 14.0. The van der Waals surface area contributed by atoms with Crippen molar-refractivity contribution in [3.8, 4) is 5.75 Å². The van der Waals surface area contributed by atoms with E-state index in [-0.39, 0.29) is 11.4 Å². The number of methoxy groups -OCH3 is 1.